The van der Waals surface area contributed by atoms with Crippen LogP contribution in [0.5, 0.6) is 5.75 Å². The normalized spacial score (nSPS) is 27.7. The van der Waals surface area contributed by atoms with Gasteiger partial charge in [-0.2, -0.15) is 0 Å². The van der Waals surface area contributed by atoms with E-state index >= 15 is 0 Å². The van der Waals surface area contributed by atoms with Crippen LogP contribution in [0, 0.1) is 35.4 Å². The van der Waals surface area contributed by atoms with Gasteiger partial charge in [-0.15, -0.1) is 11.8 Å². The number of hydrogen-bond acceptors (Lipinski definition) is 7. The molecular formula is C33H25BrFN3O5S2. The highest BCUT2D eigenvalue weighted by Crippen LogP contribution is 2.68. The third kappa shape index (κ3) is 4.76. The Morgan fingerprint density at radius 3 is 2.49 bits per heavy atom. The summed E-state index contributed by atoms with van der Waals surface area (Å²) in [7, 11) is 0. The second kappa shape index (κ2) is 11.0. The van der Waals surface area contributed by atoms with Gasteiger partial charge in [0, 0.05) is 26.2 Å². The lowest BCUT2D eigenvalue weighted by Gasteiger charge is -2.43. The number of aromatic amines is 1. The van der Waals surface area contributed by atoms with Crippen molar-refractivity contribution in [2.75, 3.05) is 16.8 Å². The van der Waals surface area contributed by atoms with Crippen molar-refractivity contribution >= 4 is 68.1 Å². The Hall–Kier alpha value is -3.74. The lowest BCUT2D eigenvalue weighted by atomic mass is 9.68. The van der Waals surface area contributed by atoms with E-state index in [2.05, 4.69) is 26.2 Å². The quantitative estimate of drug-likeness (QED) is 0.237. The average molecular weight is 707 g/mol. The Morgan fingerprint density at radius 2 is 1.73 bits per heavy atom. The largest absolute Gasteiger partial charge is 0.484 e. The molecule has 2 N–H and O–H groups in total. The maximum atomic E-state index is 13.9. The Bertz CT molecular complexity index is 1910. The van der Waals surface area contributed by atoms with E-state index in [-0.39, 0.29) is 64.0 Å². The van der Waals surface area contributed by atoms with E-state index in [4.69, 9.17) is 4.74 Å². The first kappa shape index (κ1) is 28.7. The van der Waals surface area contributed by atoms with E-state index in [1.165, 1.54) is 40.5 Å². The molecule has 3 fully saturated rings. The van der Waals surface area contributed by atoms with Crippen LogP contribution in [-0.2, 0) is 14.4 Å². The molecule has 1 saturated heterocycles. The number of nitrogens with one attached hydrogen (secondary N) is 2. The fourth-order valence-electron chi connectivity index (χ4n) is 7.91. The molecule has 8 rings (SSSR count). The number of amides is 3. The second-order valence-corrected chi connectivity index (χ2v) is 15.0. The summed E-state index contributed by atoms with van der Waals surface area (Å²) in [6, 6.07) is 20.3. The van der Waals surface area contributed by atoms with Crippen molar-refractivity contribution in [3.8, 4) is 5.75 Å². The molecule has 0 radical (unpaired) electrons. The van der Waals surface area contributed by atoms with E-state index in [0.717, 1.165) is 26.4 Å². The van der Waals surface area contributed by atoms with Crippen LogP contribution in [0.4, 0.5) is 15.8 Å². The summed E-state index contributed by atoms with van der Waals surface area (Å²) in [5.41, 5.74) is 1.99. The maximum absolute atomic E-state index is 13.9. The molecule has 3 amide bonds. The van der Waals surface area contributed by atoms with Crippen LogP contribution in [0.3, 0.4) is 0 Å². The smallest absolute Gasteiger partial charge is 0.305 e. The van der Waals surface area contributed by atoms with Gasteiger partial charge in [0.2, 0.25) is 11.8 Å². The summed E-state index contributed by atoms with van der Waals surface area (Å²) < 4.78 is 20.0. The van der Waals surface area contributed by atoms with Crippen molar-refractivity contribution in [1.29, 1.82) is 0 Å². The Morgan fingerprint density at radius 1 is 1.00 bits per heavy atom. The number of thiazole rings is 1. The SMILES string of the molecule is O=C(COc1cccc([C@H]2c3sc(=O)[nH]c3SC3C4CC(C5C(=O)N(c6ccc(Br)cc6)C(=O)C45)C32)c1)Nc1ccc(F)cc1. The summed E-state index contributed by atoms with van der Waals surface area (Å²) in [5.74, 6) is -1.46. The number of anilines is 2. The minimum Gasteiger partial charge on any atom is -0.484 e. The monoisotopic (exact) mass is 705 g/mol. The van der Waals surface area contributed by atoms with Gasteiger partial charge >= 0.3 is 4.87 Å². The number of carbonyl (C=O) groups is 3. The molecule has 4 aromatic rings. The molecule has 3 heterocycles. The fraction of sp³-hybridized carbons (Fsp3) is 0.273. The summed E-state index contributed by atoms with van der Waals surface area (Å²) >= 11 is 6.26. The van der Waals surface area contributed by atoms with Crippen molar-refractivity contribution in [1.82, 2.24) is 4.98 Å². The molecule has 4 aliphatic rings. The highest BCUT2D eigenvalue weighted by Gasteiger charge is 2.69. The number of nitrogens with zero attached hydrogens (tertiary/aromatic N) is 1. The topological polar surface area (TPSA) is 109 Å². The maximum Gasteiger partial charge on any atom is 0.305 e. The van der Waals surface area contributed by atoms with Gasteiger partial charge in [-0.05, 0) is 90.4 Å². The summed E-state index contributed by atoms with van der Waals surface area (Å²) in [4.78, 5) is 58.1. The van der Waals surface area contributed by atoms with Gasteiger partial charge in [-0.3, -0.25) is 24.1 Å². The minimum absolute atomic E-state index is 0.0144. The van der Waals surface area contributed by atoms with E-state index in [1.54, 1.807) is 30.0 Å². The minimum atomic E-state index is -0.401. The number of fused-ring (bicyclic) bond motifs is 9. The van der Waals surface area contributed by atoms with E-state index < -0.39 is 11.7 Å². The van der Waals surface area contributed by atoms with Crippen LogP contribution in [-0.4, -0.2) is 34.6 Å². The number of ether oxygens (including phenoxy) is 1. The van der Waals surface area contributed by atoms with Crippen LogP contribution in [0.25, 0.3) is 0 Å². The molecule has 7 atom stereocenters. The number of benzene rings is 3. The first-order chi connectivity index (χ1) is 21.8. The highest BCUT2D eigenvalue weighted by atomic mass is 79.9. The van der Waals surface area contributed by atoms with Crippen molar-refractivity contribution in [2.24, 2.45) is 29.6 Å². The van der Waals surface area contributed by atoms with Crippen LogP contribution in [0.15, 0.2) is 87.1 Å². The van der Waals surface area contributed by atoms with Crippen LogP contribution >= 0.6 is 39.0 Å². The van der Waals surface area contributed by atoms with Gasteiger partial charge in [0.05, 0.1) is 22.5 Å². The molecular weight excluding hydrogens is 681 g/mol. The number of halogens is 2. The first-order valence-electron chi connectivity index (χ1n) is 14.6. The number of hydrogen-bond donors (Lipinski definition) is 2. The zero-order valence-electron chi connectivity index (χ0n) is 23.4. The molecule has 8 nitrogen and oxygen atoms in total. The predicted molar refractivity (Wildman–Crippen MR) is 172 cm³/mol. The number of imide groups is 1. The van der Waals surface area contributed by atoms with Crippen LogP contribution in [0.2, 0.25) is 0 Å². The Balaban J connectivity index is 1.08. The molecule has 2 aliphatic heterocycles. The van der Waals surface area contributed by atoms with E-state index in [1.807, 2.05) is 30.3 Å². The molecule has 228 valence electrons. The zero-order chi connectivity index (χ0) is 31.0. The molecule has 45 heavy (non-hydrogen) atoms. The lowest BCUT2D eigenvalue weighted by Crippen LogP contribution is -2.42. The number of rotatable bonds is 6. The van der Waals surface area contributed by atoms with Gasteiger partial charge in [-0.1, -0.05) is 39.4 Å². The highest BCUT2D eigenvalue weighted by molar-refractivity contribution is 9.10. The molecule has 12 heteroatoms. The van der Waals surface area contributed by atoms with Crippen molar-refractivity contribution in [2.45, 2.75) is 22.6 Å². The van der Waals surface area contributed by atoms with Crippen molar-refractivity contribution < 1.29 is 23.5 Å². The Kier molecular flexibility index (Phi) is 6.99. The van der Waals surface area contributed by atoms with E-state index in [9.17, 15) is 23.6 Å². The molecule has 2 bridgehead atoms. The van der Waals surface area contributed by atoms with Crippen molar-refractivity contribution in [3.63, 3.8) is 0 Å². The third-order valence-corrected chi connectivity index (χ3v) is 12.6. The molecule has 2 saturated carbocycles. The number of thioether (sulfide) groups is 1. The van der Waals surface area contributed by atoms with Crippen molar-refractivity contribution in [3.05, 3.63) is 103 Å². The molecule has 0 spiro atoms. The molecule has 6 unspecified atom stereocenters. The molecule has 3 aromatic carbocycles. The standard InChI is InChI=1S/C33H25BrFN3O5S2/c34-16-4-10-19(11-5-16)38-31(40)26-21-13-22(27(26)32(38)41)28-25(21)24(29-30(44-28)37-33(42)45-29)15-2-1-3-20(12-15)43-14-23(39)36-18-8-6-17(35)7-9-18/h1-12,21-22,24-28H,13-14H2,(H,36,39)(H,37,42)/t21?,22?,24-,25?,26?,27?,28?/m1/s1. The lowest BCUT2D eigenvalue weighted by molar-refractivity contribution is -0.123. The predicted octanol–water partition coefficient (Wildman–Crippen LogP) is 6.03. The van der Waals surface area contributed by atoms with Gasteiger partial charge < -0.3 is 15.0 Å². The van der Waals surface area contributed by atoms with Gasteiger partial charge in [0.25, 0.3) is 5.91 Å². The fourth-order valence-corrected chi connectivity index (χ4v) is 11.1. The van der Waals surface area contributed by atoms with Crippen LogP contribution < -0.4 is 19.8 Å². The summed E-state index contributed by atoms with van der Waals surface area (Å²) in [5, 5.41) is 3.58. The first-order valence-corrected chi connectivity index (χ1v) is 17.1. The van der Waals surface area contributed by atoms with E-state index in [0.29, 0.717) is 17.1 Å². The second-order valence-electron chi connectivity index (χ2n) is 11.9. The average Bonchev–Trinajstić information content (AvgIpc) is 3.77. The summed E-state index contributed by atoms with van der Waals surface area (Å²) in [6.45, 7) is -0.243. The molecule has 2 aliphatic carbocycles. The zero-order valence-corrected chi connectivity index (χ0v) is 26.7. The Labute approximate surface area is 273 Å². The third-order valence-electron chi connectivity index (χ3n) is 9.52. The van der Waals surface area contributed by atoms with Gasteiger partial charge in [-0.25, -0.2) is 4.39 Å². The number of carbonyl (C=O) groups excluding carboxylic acids is 3. The number of H-pyrrole nitrogens is 1. The van der Waals surface area contributed by atoms with Gasteiger partial charge in [0.1, 0.15) is 11.6 Å². The van der Waals surface area contributed by atoms with Crippen LogP contribution in [0.1, 0.15) is 22.8 Å². The summed E-state index contributed by atoms with van der Waals surface area (Å²) in [6.07, 6.45) is 0.790. The number of aromatic nitrogens is 1. The van der Waals surface area contributed by atoms with Gasteiger partial charge in [0.15, 0.2) is 6.61 Å². The molecule has 1 aromatic heterocycles.